The number of rotatable bonds is 14. The number of aliphatic hydroxyl groups excluding tert-OH is 1. The fraction of sp³-hybridized carbons (Fsp3) is 0.824. The lowest BCUT2D eigenvalue weighted by molar-refractivity contribution is -0.131. The van der Waals surface area contributed by atoms with Crippen LogP contribution in [0.2, 0.25) is 0 Å². The van der Waals surface area contributed by atoms with Crippen LogP contribution in [-0.2, 0) is 14.3 Å². The summed E-state index contributed by atoms with van der Waals surface area (Å²) in [7, 11) is 0. The Labute approximate surface area is 140 Å². The number of aliphatic hydroxyl groups is 2. The first-order chi connectivity index (χ1) is 11.0. The van der Waals surface area contributed by atoms with E-state index in [9.17, 15) is 9.90 Å². The van der Waals surface area contributed by atoms with Gasteiger partial charge in [0.2, 0.25) is 0 Å². The van der Waals surface area contributed by atoms with Gasteiger partial charge in [0.1, 0.15) is 0 Å². The van der Waals surface area contributed by atoms with Crippen molar-refractivity contribution in [2.75, 3.05) is 33.0 Å². The molecular weight excluding hydrogens is 300 g/mol. The van der Waals surface area contributed by atoms with Crippen molar-refractivity contribution in [3.63, 3.8) is 0 Å². The highest BCUT2D eigenvalue weighted by Gasteiger charge is 2.24. The van der Waals surface area contributed by atoms with Gasteiger partial charge in [-0.05, 0) is 12.8 Å². The molecule has 0 saturated heterocycles. The summed E-state index contributed by atoms with van der Waals surface area (Å²) in [5.41, 5.74) is -0.690. The molecule has 6 nitrogen and oxygen atoms in total. The van der Waals surface area contributed by atoms with Crippen LogP contribution in [0.1, 0.15) is 52.4 Å². The van der Waals surface area contributed by atoms with Crippen molar-refractivity contribution >= 4 is 5.97 Å². The lowest BCUT2D eigenvalue weighted by atomic mass is 9.94. The minimum Gasteiger partial charge on any atom is -0.478 e. The van der Waals surface area contributed by atoms with Crippen LogP contribution in [0.5, 0.6) is 0 Å². The standard InChI is InChI=1S/C14H30O4.C3H4O2/c1-3-5-6-7-8-14(16,4-2)13-18-12-11-17-10-9-15;1-2-3(4)5/h15-16H,3-13H2,1-2H3;2H,1H2,(H,4,5). The molecule has 0 heterocycles. The van der Waals surface area contributed by atoms with E-state index in [1.165, 1.54) is 19.3 Å². The van der Waals surface area contributed by atoms with E-state index in [0.717, 1.165) is 25.3 Å². The minimum absolute atomic E-state index is 0.0380. The smallest absolute Gasteiger partial charge is 0.327 e. The molecule has 0 aromatic rings. The lowest BCUT2D eigenvalue weighted by Crippen LogP contribution is -2.34. The first kappa shape index (κ1) is 24.3. The van der Waals surface area contributed by atoms with Crippen LogP contribution in [0.25, 0.3) is 0 Å². The Morgan fingerprint density at radius 3 is 2.22 bits per heavy atom. The molecule has 0 spiro atoms. The van der Waals surface area contributed by atoms with Gasteiger partial charge >= 0.3 is 5.97 Å². The van der Waals surface area contributed by atoms with Crippen LogP contribution < -0.4 is 0 Å². The summed E-state index contributed by atoms with van der Waals surface area (Å²) in [6.45, 7) is 8.83. The van der Waals surface area contributed by atoms with Crippen LogP contribution in [-0.4, -0.2) is 59.9 Å². The van der Waals surface area contributed by atoms with Gasteiger partial charge in [-0.2, -0.15) is 0 Å². The minimum atomic E-state index is -0.981. The molecule has 6 heteroatoms. The Kier molecular flexibility index (Phi) is 18.4. The van der Waals surface area contributed by atoms with Crippen LogP contribution in [0.3, 0.4) is 0 Å². The van der Waals surface area contributed by atoms with Gasteiger partial charge in [0, 0.05) is 6.08 Å². The average Bonchev–Trinajstić information content (AvgIpc) is 2.55. The first-order valence-electron chi connectivity index (χ1n) is 8.29. The zero-order chi connectivity index (χ0) is 18.0. The number of carboxylic acids is 1. The third kappa shape index (κ3) is 19.0. The van der Waals surface area contributed by atoms with Crippen LogP contribution in [0.15, 0.2) is 12.7 Å². The molecule has 0 amide bonds. The Balaban J connectivity index is 0. The number of unbranched alkanes of at least 4 members (excludes halogenated alkanes) is 3. The highest BCUT2D eigenvalue weighted by Crippen LogP contribution is 2.19. The monoisotopic (exact) mass is 334 g/mol. The third-order valence-corrected chi connectivity index (χ3v) is 3.31. The molecule has 0 rings (SSSR count). The zero-order valence-electron chi connectivity index (χ0n) is 14.6. The molecule has 138 valence electrons. The first-order valence-corrected chi connectivity index (χ1v) is 8.29. The van der Waals surface area contributed by atoms with E-state index in [2.05, 4.69) is 13.5 Å². The Hall–Kier alpha value is -0.950. The molecule has 0 aliphatic carbocycles. The summed E-state index contributed by atoms with van der Waals surface area (Å²) in [6.07, 6.45) is 7.04. The predicted octanol–water partition coefficient (Wildman–Crippen LogP) is 2.38. The molecule has 0 aromatic carbocycles. The van der Waals surface area contributed by atoms with Gasteiger partial charge in [0.05, 0.1) is 38.6 Å². The third-order valence-electron chi connectivity index (χ3n) is 3.31. The van der Waals surface area contributed by atoms with Crippen molar-refractivity contribution in [2.45, 2.75) is 58.0 Å². The molecule has 3 N–H and O–H groups in total. The highest BCUT2D eigenvalue weighted by atomic mass is 16.5. The molecule has 0 radical (unpaired) electrons. The van der Waals surface area contributed by atoms with E-state index in [0.29, 0.717) is 26.4 Å². The van der Waals surface area contributed by atoms with Gasteiger partial charge in [0.25, 0.3) is 0 Å². The number of aliphatic carboxylic acids is 1. The maximum atomic E-state index is 10.3. The molecule has 0 aliphatic rings. The van der Waals surface area contributed by atoms with Crippen molar-refractivity contribution in [3.8, 4) is 0 Å². The van der Waals surface area contributed by atoms with E-state index in [4.69, 9.17) is 19.7 Å². The number of hydrogen-bond acceptors (Lipinski definition) is 5. The molecule has 0 fully saturated rings. The molecule has 0 bridgehead atoms. The molecule has 0 aromatic heterocycles. The molecule has 1 unspecified atom stereocenters. The van der Waals surface area contributed by atoms with Crippen molar-refractivity contribution in [2.24, 2.45) is 0 Å². The van der Waals surface area contributed by atoms with Crippen LogP contribution >= 0.6 is 0 Å². The largest absolute Gasteiger partial charge is 0.478 e. The Bertz CT molecular complexity index is 282. The summed E-state index contributed by atoms with van der Waals surface area (Å²) in [5, 5.41) is 26.4. The molecule has 0 aliphatic heterocycles. The zero-order valence-corrected chi connectivity index (χ0v) is 14.6. The molecular formula is C17H34O6. The lowest BCUT2D eigenvalue weighted by Gasteiger charge is -2.26. The fourth-order valence-corrected chi connectivity index (χ4v) is 1.78. The summed E-state index contributed by atoms with van der Waals surface area (Å²) < 4.78 is 10.5. The second-order valence-corrected chi connectivity index (χ2v) is 5.32. The van der Waals surface area contributed by atoms with Gasteiger partial charge < -0.3 is 24.8 Å². The summed E-state index contributed by atoms with van der Waals surface area (Å²) in [5.74, 6) is -0.981. The molecule has 1 atom stereocenters. The Morgan fingerprint density at radius 1 is 1.13 bits per heavy atom. The summed E-state index contributed by atoms with van der Waals surface area (Å²) >= 11 is 0. The quantitative estimate of drug-likeness (QED) is 0.333. The van der Waals surface area contributed by atoms with Crippen LogP contribution in [0, 0.1) is 0 Å². The van der Waals surface area contributed by atoms with Crippen LogP contribution in [0.4, 0.5) is 0 Å². The summed E-state index contributed by atoms with van der Waals surface area (Å²) in [6, 6.07) is 0. The number of hydrogen-bond donors (Lipinski definition) is 3. The highest BCUT2D eigenvalue weighted by molar-refractivity contribution is 5.78. The predicted molar refractivity (Wildman–Crippen MR) is 90.6 cm³/mol. The van der Waals surface area contributed by atoms with E-state index >= 15 is 0 Å². The van der Waals surface area contributed by atoms with E-state index < -0.39 is 11.6 Å². The van der Waals surface area contributed by atoms with Crippen molar-refractivity contribution in [1.29, 1.82) is 0 Å². The fourth-order valence-electron chi connectivity index (χ4n) is 1.78. The van der Waals surface area contributed by atoms with Crippen molar-refractivity contribution < 1.29 is 29.6 Å². The van der Waals surface area contributed by atoms with Gasteiger partial charge in [0.15, 0.2) is 0 Å². The summed E-state index contributed by atoms with van der Waals surface area (Å²) in [4.78, 5) is 9.25. The van der Waals surface area contributed by atoms with E-state index in [1.807, 2.05) is 6.92 Å². The number of ether oxygens (including phenoxy) is 2. The Morgan fingerprint density at radius 2 is 1.74 bits per heavy atom. The second kappa shape index (κ2) is 17.4. The topological polar surface area (TPSA) is 96.2 Å². The SMILES string of the molecule is C=CC(=O)O.CCCCCCC(O)(CC)COCCOCCO. The average molecular weight is 334 g/mol. The normalized spacial score (nSPS) is 12.9. The number of carbonyl (C=O) groups is 1. The maximum absolute atomic E-state index is 10.3. The number of carboxylic acid groups (broad SMARTS) is 1. The van der Waals surface area contributed by atoms with Crippen molar-refractivity contribution in [3.05, 3.63) is 12.7 Å². The molecule has 23 heavy (non-hydrogen) atoms. The maximum Gasteiger partial charge on any atom is 0.327 e. The van der Waals surface area contributed by atoms with Gasteiger partial charge in [-0.25, -0.2) is 4.79 Å². The van der Waals surface area contributed by atoms with E-state index in [1.54, 1.807) is 0 Å². The van der Waals surface area contributed by atoms with Gasteiger partial charge in [-0.1, -0.05) is 46.1 Å². The second-order valence-electron chi connectivity index (χ2n) is 5.32. The van der Waals surface area contributed by atoms with E-state index in [-0.39, 0.29) is 6.61 Å². The van der Waals surface area contributed by atoms with Crippen molar-refractivity contribution in [1.82, 2.24) is 0 Å². The van der Waals surface area contributed by atoms with Gasteiger partial charge in [-0.3, -0.25) is 0 Å². The molecule has 0 saturated carbocycles. The van der Waals surface area contributed by atoms with Gasteiger partial charge in [-0.15, -0.1) is 0 Å².